The molecule has 2 heteroatoms. The Bertz CT molecular complexity index is 145. The molecule has 0 fully saturated rings. The molecule has 0 radical (unpaired) electrons. The molecular formula is C8H14O2. The van der Waals surface area contributed by atoms with Crippen LogP contribution in [-0.4, -0.2) is 11.1 Å². The van der Waals surface area contributed by atoms with Gasteiger partial charge >= 0.3 is 5.97 Å². The predicted molar refractivity (Wildman–Crippen MR) is 40.8 cm³/mol. The molecule has 58 valence electrons. The topological polar surface area (TPSA) is 37.3 Å². The van der Waals surface area contributed by atoms with E-state index in [1.165, 1.54) is 0 Å². The first-order valence-electron chi connectivity index (χ1n) is 3.53. The zero-order chi connectivity index (χ0) is 8.15. The van der Waals surface area contributed by atoms with Crippen molar-refractivity contribution in [2.75, 3.05) is 0 Å². The molecule has 0 aliphatic heterocycles. The maximum Gasteiger partial charge on any atom is 0.331 e. The van der Waals surface area contributed by atoms with Crippen molar-refractivity contribution in [3.63, 3.8) is 0 Å². The van der Waals surface area contributed by atoms with Gasteiger partial charge in [-0.1, -0.05) is 26.8 Å². The lowest BCUT2D eigenvalue weighted by Gasteiger charge is -2.03. The summed E-state index contributed by atoms with van der Waals surface area (Å²) in [5.74, 6) is -0.672. The van der Waals surface area contributed by atoms with Gasteiger partial charge in [0.2, 0.25) is 0 Å². The van der Waals surface area contributed by atoms with Crippen LogP contribution >= 0.6 is 0 Å². The Morgan fingerprint density at radius 1 is 1.60 bits per heavy atom. The number of carboxylic acids is 1. The van der Waals surface area contributed by atoms with Crippen molar-refractivity contribution in [1.82, 2.24) is 0 Å². The fourth-order valence-electron chi connectivity index (χ4n) is 0.790. The van der Waals surface area contributed by atoms with Gasteiger partial charge in [-0.3, -0.25) is 0 Å². The summed E-state index contributed by atoms with van der Waals surface area (Å²) in [6, 6.07) is 0. The zero-order valence-corrected chi connectivity index (χ0v) is 6.72. The molecule has 1 N–H and O–H groups in total. The molecule has 0 amide bonds. The maximum absolute atomic E-state index is 10.5. The summed E-state index contributed by atoms with van der Waals surface area (Å²) in [7, 11) is 0. The highest BCUT2D eigenvalue weighted by Crippen LogP contribution is 2.09. The van der Waals surface area contributed by atoms with E-state index >= 15 is 0 Å². The number of carbonyl (C=O) groups is 1. The minimum atomic E-state index is -0.795. The molecule has 0 atom stereocenters. The van der Waals surface area contributed by atoms with Crippen LogP contribution in [0.1, 0.15) is 27.2 Å². The van der Waals surface area contributed by atoms with E-state index in [0.717, 1.165) is 6.42 Å². The van der Waals surface area contributed by atoms with Crippen LogP contribution in [0.4, 0.5) is 0 Å². The first-order valence-corrected chi connectivity index (χ1v) is 3.53. The first-order chi connectivity index (χ1) is 4.59. The van der Waals surface area contributed by atoms with Crippen LogP contribution in [0.2, 0.25) is 0 Å². The minimum absolute atomic E-state index is 0.123. The van der Waals surface area contributed by atoms with Crippen LogP contribution in [0.3, 0.4) is 0 Å². The number of hydrogen-bond donors (Lipinski definition) is 1. The molecule has 0 aromatic carbocycles. The van der Waals surface area contributed by atoms with Gasteiger partial charge in [0.1, 0.15) is 0 Å². The predicted octanol–water partition coefficient (Wildman–Crippen LogP) is 2.06. The van der Waals surface area contributed by atoms with E-state index in [9.17, 15) is 4.79 Å². The molecule has 0 saturated carbocycles. The van der Waals surface area contributed by atoms with Crippen molar-refractivity contribution in [2.45, 2.75) is 27.2 Å². The molecule has 0 aliphatic rings. The molecule has 0 bridgehead atoms. The average molecular weight is 142 g/mol. The second-order valence-corrected chi connectivity index (χ2v) is 2.53. The van der Waals surface area contributed by atoms with Gasteiger partial charge in [0.15, 0.2) is 0 Å². The second-order valence-electron chi connectivity index (χ2n) is 2.53. The van der Waals surface area contributed by atoms with Gasteiger partial charge in [-0.2, -0.15) is 0 Å². The first kappa shape index (κ1) is 9.21. The molecule has 0 aromatic heterocycles. The van der Waals surface area contributed by atoms with Gasteiger partial charge in [0, 0.05) is 5.57 Å². The van der Waals surface area contributed by atoms with E-state index in [1.807, 2.05) is 20.8 Å². The zero-order valence-electron chi connectivity index (χ0n) is 6.72. The molecule has 0 unspecified atom stereocenters. The van der Waals surface area contributed by atoms with Gasteiger partial charge in [-0.15, -0.1) is 0 Å². The molecule has 0 spiro atoms. The number of carboxylic acid groups (broad SMARTS) is 1. The Kier molecular flexibility index (Phi) is 3.77. The van der Waals surface area contributed by atoms with Crippen LogP contribution in [0.5, 0.6) is 0 Å². The lowest BCUT2D eigenvalue weighted by atomic mass is 10.0. The van der Waals surface area contributed by atoms with Gasteiger partial charge < -0.3 is 5.11 Å². The van der Waals surface area contributed by atoms with Crippen LogP contribution in [0.25, 0.3) is 0 Å². The van der Waals surface area contributed by atoms with Crippen molar-refractivity contribution < 1.29 is 9.90 Å². The second kappa shape index (κ2) is 4.09. The highest BCUT2D eigenvalue weighted by atomic mass is 16.4. The van der Waals surface area contributed by atoms with E-state index in [0.29, 0.717) is 5.57 Å². The summed E-state index contributed by atoms with van der Waals surface area (Å²) < 4.78 is 0. The van der Waals surface area contributed by atoms with Crippen molar-refractivity contribution in [1.29, 1.82) is 0 Å². The van der Waals surface area contributed by atoms with Crippen molar-refractivity contribution in [3.8, 4) is 0 Å². The van der Waals surface area contributed by atoms with Crippen LogP contribution in [0.15, 0.2) is 11.6 Å². The molecular weight excluding hydrogens is 128 g/mol. The number of allylic oxidation sites excluding steroid dienone is 1. The van der Waals surface area contributed by atoms with Gasteiger partial charge in [0.25, 0.3) is 0 Å². The number of aliphatic carboxylic acids is 1. The number of hydrogen-bond acceptors (Lipinski definition) is 1. The standard InChI is InChI=1S/C8H14O2/c1-4-5-7(6(2)3)8(9)10/h5-6H,4H2,1-3H3,(H,9,10)/b7-5+. The third-order valence-electron chi connectivity index (χ3n) is 1.29. The summed E-state index contributed by atoms with van der Waals surface area (Å²) in [5.41, 5.74) is 0.516. The largest absolute Gasteiger partial charge is 0.478 e. The average Bonchev–Trinajstić information content (AvgIpc) is 1.81. The highest BCUT2D eigenvalue weighted by Gasteiger charge is 2.09. The van der Waals surface area contributed by atoms with E-state index in [2.05, 4.69) is 0 Å². The monoisotopic (exact) mass is 142 g/mol. The number of rotatable bonds is 3. The normalized spacial score (nSPS) is 12.2. The SMILES string of the molecule is CC/C=C(/C(=O)O)C(C)C. The van der Waals surface area contributed by atoms with Crippen LogP contribution < -0.4 is 0 Å². The molecule has 0 aromatic rings. The van der Waals surface area contributed by atoms with E-state index in [-0.39, 0.29) is 5.92 Å². The van der Waals surface area contributed by atoms with E-state index < -0.39 is 5.97 Å². The van der Waals surface area contributed by atoms with Crippen LogP contribution in [0, 0.1) is 5.92 Å². The summed E-state index contributed by atoms with van der Waals surface area (Å²) in [4.78, 5) is 10.5. The quantitative estimate of drug-likeness (QED) is 0.612. The van der Waals surface area contributed by atoms with Crippen molar-refractivity contribution >= 4 is 5.97 Å². The lowest BCUT2D eigenvalue weighted by Crippen LogP contribution is -2.06. The summed E-state index contributed by atoms with van der Waals surface area (Å²) in [6.07, 6.45) is 2.55. The van der Waals surface area contributed by atoms with Gasteiger partial charge in [0.05, 0.1) is 0 Å². The van der Waals surface area contributed by atoms with Gasteiger partial charge in [-0.25, -0.2) is 4.79 Å². The fraction of sp³-hybridized carbons (Fsp3) is 0.625. The Labute approximate surface area is 61.6 Å². The third kappa shape index (κ3) is 2.67. The lowest BCUT2D eigenvalue weighted by molar-refractivity contribution is -0.133. The Morgan fingerprint density at radius 3 is 2.20 bits per heavy atom. The minimum Gasteiger partial charge on any atom is -0.478 e. The Morgan fingerprint density at radius 2 is 2.10 bits per heavy atom. The summed E-state index contributed by atoms with van der Waals surface area (Å²) in [6.45, 7) is 5.70. The molecule has 0 aliphatic carbocycles. The van der Waals surface area contributed by atoms with E-state index in [1.54, 1.807) is 6.08 Å². The summed E-state index contributed by atoms with van der Waals surface area (Å²) in [5, 5.41) is 8.61. The third-order valence-corrected chi connectivity index (χ3v) is 1.29. The Hall–Kier alpha value is -0.790. The smallest absolute Gasteiger partial charge is 0.331 e. The van der Waals surface area contributed by atoms with Gasteiger partial charge in [-0.05, 0) is 12.3 Å². The molecule has 0 saturated heterocycles. The fourth-order valence-corrected chi connectivity index (χ4v) is 0.790. The molecule has 0 rings (SSSR count). The summed E-state index contributed by atoms with van der Waals surface area (Å²) >= 11 is 0. The van der Waals surface area contributed by atoms with Crippen molar-refractivity contribution in [2.24, 2.45) is 5.92 Å². The van der Waals surface area contributed by atoms with E-state index in [4.69, 9.17) is 5.11 Å². The highest BCUT2D eigenvalue weighted by molar-refractivity contribution is 5.86. The Balaban J connectivity index is 4.27. The molecule has 0 heterocycles. The molecule has 10 heavy (non-hydrogen) atoms. The van der Waals surface area contributed by atoms with Crippen LogP contribution in [-0.2, 0) is 4.79 Å². The maximum atomic E-state index is 10.5. The molecule has 2 nitrogen and oxygen atoms in total. The van der Waals surface area contributed by atoms with Crippen molar-refractivity contribution in [3.05, 3.63) is 11.6 Å².